The smallest absolute Gasteiger partial charge is 0.0323 e. The minimum Gasteiger partial charge on any atom is -0.130 e. The predicted molar refractivity (Wildman–Crippen MR) is 91.6 cm³/mol. The van der Waals surface area contributed by atoms with E-state index in [0.717, 1.165) is 26.6 Å². The van der Waals surface area contributed by atoms with Crippen LogP contribution in [-0.2, 0) is 0 Å². The number of rotatable bonds is 8. The molecule has 2 rings (SSSR count). The van der Waals surface area contributed by atoms with Gasteiger partial charge in [0.05, 0.1) is 0 Å². The summed E-state index contributed by atoms with van der Waals surface area (Å²) >= 11 is 3.98. The average molecular weight is 331 g/mol. The summed E-state index contributed by atoms with van der Waals surface area (Å²) in [5.41, 5.74) is 0. The molecule has 2 aromatic carbocycles. The molecule has 0 aromatic heterocycles. The lowest BCUT2D eigenvalue weighted by Crippen LogP contribution is -2.16. The van der Waals surface area contributed by atoms with Crippen molar-refractivity contribution in [2.24, 2.45) is 0 Å². The van der Waals surface area contributed by atoms with Gasteiger partial charge >= 0.3 is 0 Å². The first-order valence-corrected chi connectivity index (χ1v) is 13.4. The Morgan fingerprint density at radius 1 is 0.632 bits per heavy atom. The Hall–Kier alpha value is -0.209. The molecule has 0 nitrogen and oxygen atoms in total. The van der Waals surface area contributed by atoms with Crippen LogP contribution >= 0.6 is 23.5 Å². The van der Waals surface area contributed by atoms with Gasteiger partial charge in [-0.15, -0.1) is 23.5 Å². The van der Waals surface area contributed by atoms with E-state index in [4.69, 9.17) is 0 Å². The van der Waals surface area contributed by atoms with Crippen LogP contribution in [0, 0.1) is 0 Å². The molecule has 19 heavy (non-hydrogen) atoms. The summed E-state index contributed by atoms with van der Waals surface area (Å²) in [6, 6.07) is 21.4. The Morgan fingerprint density at radius 2 is 1.05 bits per heavy atom. The van der Waals surface area contributed by atoms with E-state index in [1.54, 1.807) is 0 Å². The van der Waals surface area contributed by atoms with Gasteiger partial charge in [-0.2, -0.15) is 0 Å². The van der Waals surface area contributed by atoms with Crippen molar-refractivity contribution in [2.75, 3.05) is 10.8 Å². The lowest BCUT2D eigenvalue weighted by atomic mass is 10.4. The molecular weight excluding hydrogens is 317 g/mol. The Labute approximate surface area is 131 Å². The van der Waals surface area contributed by atoms with E-state index < -0.39 is 0 Å². The third kappa shape index (κ3) is 6.67. The van der Waals surface area contributed by atoms with E-state index >= 15 is 0 Å². The van der Waals surface area contributed by atoms with Crippen LogP contribution in [0.25, 0.3) is 0 Å². The van der Waals surface area contributed by atoms with E-state index in [1.165, 1.54) is 20.5 Å². The second-order valence-corrected chi connectivity index (χ2v) is 13.6. The van der Waals surface area contributed by atoms with Crippen molar-refractivity contribution in [1.82, 2.24) is 0 Å². The summed E-state index contributed by atoms with van der Waals surface area (Å²) < 4.78 is 0. The highest BCUT2D eigenvalue weighted by Crippen LogP contribution is 2.16. The van der Waals surface area contributed by atoms with E-state index in [9.17, 15) is 0 Å². The second-order valence-electron chi connectivity index (χ2n) is 3.68. The van der Waals surface area contributed by atoms with Gasteiger partial charge in [0.2, 0.25) is 0 Å². The van der Waals surface area contributed by atoms with Crippen molar-refractivity contribution in [3.8, 4) is 0 Å². The van der Waals surface area contributed by atoms with Gasteiger partial charge < -0.3 is 0 Å². The van der Waals surface area contributed by atoms with Crippen LogP contribution < -0.4 is 0 Å². The van der Waals surface area contributed by atoms with Crippen LogP contribution in [-0.4, -0.2) is 37.4 Å². The van der Waals surface area contributed by atoms with Crippen LogP contribution in [0.3, 0.4) is 0 Å². The second kappa shape index (κ2) is 9.66. The Balaban J connectivity index is 1.49. The first kappa shape index (κ1) is 15.2. The zero-order valence-electron chi connectivity index (χ0n) is 10.5. The van der Waals surface area contributed by atoms with E-state index in [-0.39, 0.29) is 0 Å². The van der Waals surface area contributed by atoms with E-state index in [0.29, 0.717) is 0 Å². The third-order valence-corrected chi connectivity index (χ3v) is 13.0. The van der Waals surface area contributed by atoms with Crippen LogP contribution in [0.4, 0.5) is 0 Å². The fourth-order valence-electron chi connectivity index (χ4n) is 1.41. The molecule has 0 fully saturated rings. The van der Waals surface area contributed by atoms with Crippen molar-refractivity contribution in [3.63, 3.8) is 0 Å². The summed E-state index contributed by atoms with van der Waals surface area (Å²) in [5, 5.41) is 2.57. The molecule has 94 valence electrons. The average Bonchev–Trinajstić information content (AvgIpc) is 2.48. The van der Waals surface area contributed by atoms with Crippen molar-refractivity contribution in [3.05, 3.63) is 60.7 Å². The molecule has 0 bridgehead atoms. The van der Waals surface area contributed by atoms with Crippen LogP contribution in [0.1, 0.15) is 0 Å². The minimum atomic E-state index is 1.12. The maximum atomic E-state index is 2.20. The van der Waals surface area contributed by atoms with Gasteiger partial charge in [-0.05, 0) is 35.0 Å². The summed E-state index contributed by atoms with van der Waals surface area (Å²) in [6.07, 6.45) is 0. The summed E-state index contributed by atoms with van der Waals surface area (Å²) in [5.74, 6) is 0. The first-order valence-electron chi connectivity index (χ1n) is 6.01. The Morgan fingerprint density at radius 3 is 1.47 bits per heavy atom. The molecule has 0 saturated carbocycles. The summed E-state index contributed by atoms with van der Waals surface area (Å²) in [7, 11) is 3.38. The number of hydrogen-bond donors (Lipinski definition) is 0. The molecule has 0 aliphatic heterocycles. The number of hydrogen-bond acceptors (Lipinski definition) is 2. The van der Waals surface area contributed by atoms with E-state index in [2.05, 4.69) is 60.7 Å². The molecule has 0 heterocycles. The lowest BCUT2D eigenvalue weighted by Gasteiger charge is -2.01. The van der Waals surface area contributed by atoms with Crippen molar-refractivity contribution >= 4 is 50.2 Å². The molecule has 0 aliphatic rings. The zero-order chi connectivity index (χ0) is 13.2. The highest BCUT2D eigenvalue weighted by Gasteiger charge is 1.97. The molecular formula is C14H14S2Si3. The third-order valence-electron chi connectivity index (χ3n) is 2.29. The van der Waals surface area contributed by atoms with Crippen LogP contribution in [0.2, 0.25) is 0 Å². The SMILES string of the molecule is c1ccc(SC[Si][Si][Si]CSc2ccccc2)cc1. The molecule has 6 radical (unpaired) electrons. The van der Waals surface area contributed by atoms with Gasteiger partial charge in [0.15, 0.2) is 0 Å². The molecule has 0 amide bonds. The minimum absolute atomic E-state index is 1.12. The predicted octanol–water partition coefficient (Wildman–Crippen LogP) is 3.43. The zero-order valence-corrected chi connectivity index (χ0v) is 15.1. The van der Waals surface area contributed by atoms with Gasteiger partial charge in [-0.25, -0.2) is 0 Å². The number of thioether (sulfide) groups is 2. The van der Waals surface area contributed by atoms with Crippen LogP contribution in [0.5, 0.6) is 0 Å². The first-order chi connectivity index (χ1) is 9.45. The quantitative estimate of drug-likeness (QED) is 0.413. The van der Waals surface area contributed by atoms with Gasteiger partial charge in [-0.3, -0.25) is 0 Å². The van der Waals surface area contributed by atoms with Crippen LogP contribution in [0.15, 0.2) is 70.5 Å². The molecule has 0 spiro atoms. The Kier molecular flexibility index (Phi) is 7.72. The maximum absolute atomic E-state index is 2.20. The van der Waals surface area contributed by atoms with Gasteiger partial charge in [-0.1, -0.05) is 36.4 Å². The maximum Gasteiger partial charge on any atom is 0.0323 e. The fourth-order valence-corrected chi connectivity index (χ4v) is 12.7. The molecule has 0 N–H and O–H groups in total. The van der Waals surface area contributed by atoms with Crippen molar-refractivity contribution < 1.29 is 0 Å². The van der Waals surface area contributed by atoms with Crippen molar-refractivity contribution in [2.45, 2.75) is 9.79 Å². The molecule has 0 aliphatic carbocycles. The lowest BCUT2D eigenvalue weighted by molar-refractivity contribution is 1.47. The molecule has 0 saturated heterocycles. The highest BCUT2D eigenvalue weighted by molar-refractivity contribution is 8.01. The highest BCUT2D eigenvalue weighted by atomic mass is 32.2. The summed E-state index contributed by atoms with van der Waals surface area (Å²) in [4.78, 5) is 2.81. The molecule has 5 heteroatoms. The van der Waals surface area contributed by atoms with E-state index in [1.807, 2.05) is 23.5 Å². The molecule has 0 atom stereocenters. The Bertz CT molecular complexity index is 407. The van der Waals surface area contributed by atoms with Gasteiger partial charge in [0.1, 0.15) is 0 Å². The summed E-state index contributed by atoms with van der Waals surface area (Å²) in [6.45, 7) is 0. The topological polar surface area (TPSA) is 0 Å². The number of benzene rings is 2. The normalized spacial score (nSPS) is 10.5. The van der Waals surface area contributed by atoms with Crippen molar-refractivity contribution in [1.29, 1.82) is 0 Å². The standard InChI is InChI=1S/C14H14S2Si3/c1-3-7-13(8-4-1)15-11-17-19-18-12-16-14-9-5-2-6-10-14/h1-10H,11-12H2. The molecule has 2 aromatic rings. The fraction of sp³-hybridized carbons (Fsp3) is 0.143. The molecule has 0 unspecified atom stereocenters. The van der Waals surface area contributed by atoms with Gasteiger partial charge in [0, 0.05) is 36.4 Å². The van der Waals surface area contributed by atoms with Gasteiger partial charge in [0.25, 0.3) is 0 Å². The largest absolute Gasteiger partial charge is 0.130 e. The monoisotopic (exact) mass is 330 g/mol.